The van der Waals surface area contributed by atoms with Gasteiger partial charge in [0.25, 0.3) is 5.91 Å². The monoisotopic (exact) mass is 440 g/mol. The van der Waals surface area contributed by atoms with Crippen LogP contribution in [0.5, 0.6) is 5.75 Å². The highest BCUT2D eigenvalue weighted by molar-refractivity contribution is 6.30. The van der Waals surface area contributed by atoms with Gasteiger partial charge in [-0.1, -0.05) is 23.7 Å². The maximum atomic E-state index is 13.0. The Bertz CT molecular complexity index is 1060. The van der Waals surface area contributed by atoms with Crippen LogP contribution in [0.1, 0.15) is 24.5 Å². The van der Waals surface area contributed by atoms with Gasteiger partial charge < -0.3 is 15.4 Å². The number of likely N-dealkylation sites (tertiary alicyclic amines) is 1. The first-order valence-corrected chi connectivity index (χ1v) is 10.4. The van der Waals surface area contributed by atoms with Gasteiger partial charge in [-0.15, -0.1) is 0 Å². The average molecular weight is 441 g/mol. The number of anilines is 1. The lowest BCUT2D eigenvalue weighted by molar-refractivity contribution is -0.134. The quantitative estimate of drug-likeness (QED) is 0.639. The van der Waals surface area contributed by atoms with Crippen LogP contribution in [0.3, 0.4) is 0 Å². The van der Waals surface area contributed by atoms with E-state index in [2.05, 4.69) is 9.97 Å². The molecule has 1 aliphatic heterocycles. The van der Waals surface area contributed by atoms with Crippen molar-refractivity contribution >= 4 is 23.5 Å². The summed E-state index contributed by atoms with van der Waals surface area (Å²) >= 11 is 6.02. The van der Waals surface area contributed by atoms with Crippen LogP contribution in [-0.4, -0.2) is 40.5 Å². The van der Waals surface area contributed by atoms with Crippen molar-refractivity contribution < 1.29 is 13.9 Å². The van der Waals surface area contributed by atoms with E-state index in [-0.39, 0.29) is 30.2 Å². The molecule has 0 unspecified atom stereocenters. The fourth-order valence-corrected chi connectivity index (χ4v) is 3.89. The number of rotatable bonds is 5. The van der Waals surface area contributed by atoms with Crippen LogP contribution in [0.25, 0.3) is 11.1 Å². The molecule has 0 spiro atoms. The van der Waals surface area contributed by atoms with E-state index in [1.807, 2.05) is 24.3 Å². The number of piperidine rings is 1. The number of amides is 1. The fraction of sp³-hybridized carbons (Fsp3) is 0.261. The van der Waals surface area contributed by atoms with Gasteiger partial charge in [0.2, 0.25) is 5.95 Å². The van der Waals surface area contributed by atoms with Crippen molar-refractivity contribution in [1.29, 1.82) is 0 Å². The van der Waals surface area contributed by atoms with E-state index in [4.69, 9.17) is 22.1 Å². The number of ether oxygens (including phenoxy) is 1. The SMILES string of the molecule is Nc1ncc(-c2ccc(Cl)cc2)c([C@@H]2CCCN(C(=O)COc3ccc(F)cc3)C2)n1. The van der Waals surface area contributed by atoms with Crippen molar-refractivity contribution in [3.05, 3.63) is 71.3 Å². The van der Waals surface area contributed by atoms with Crippen molar-refractivity contribution in [3.63, 3.8) is 0 Å². The summed E-state index contributed by atoms with van der Waals surface area (Å²) in [5.74, 6) is 0.217. The Kier molecular flexibility index (Phi) is 6.32. The molecule has 1 fully saturated rings. The highest BCUT2D eigenvalue weighted by Crippen LogP contribution is 2.33. The van der Waals surface area contributed by atoms with E-state index in [9.17, 15) is 9.18 Å². The van der Waals surface area contributed by atoms with Gasteiger partial charge in [0.05, 0.1) is 5.69 Å². The molecule has 6 nitrogen and oxygen atoms in total. The Morgan fingerprint density at radius 3 is 2.68 bits per heavy atom. The molecular weight excluding hydrogens is 419 g/mol. The Hall–Kier alpha value is -3.19. The number of hydrogen-bond acceptors (Lipinski definition) is 5. The Labute approximate surface area is 184 Å². The van der Waals surface area contributed by atoms with E-state index in [1.54, 1.807) is 11.1 Å². The predicted molar refractivity (Wildman–Crippen MR) is 117 cm³/mol. The molecule has 160 valence electrons. The highest BCUT2D eigenvalue weighted by atomic mass is 35.5. The number of aromatic nitrogens is 2. The number of hydrogen-bond donors (Lipinski definition) is 1. The molecule has 2 aromatic carbocycles. The molecule has 0 aliphatic carbocycles. The second kappa shape index (κ2) is 9.31. The van der Waals surface area contributed by atoms with Crippen LogP contribution in [-0.2, 0) is 4.79 Å². The molecule has 4 rings (SSSR count). The first kappa shape index (κ1) is 21.1. The summed E-state index contributed by atoms with van der Waals surface area (Å²) < 4.78 is 18.6. The number of nitrogens with zero attached hydrogens (tertiary/aromatic N) is 3. The Balaban J connectivity index is 1.49. The minimum atomic E-state index is -0.349. The van der Waals surface area contributed by atoms with E-state index >= 15 is 0 Å². The number of halogens is 2. The van der Waals surface area contributed by atoms with Gasteiger partial charge in [0.1, 0.15) is 11.6 Å². The fourth-order valence-electron chi connectivity index (χ4n) is 3.77. The standard InChI is InChI=1S/C23H22ClFN4O2/c24-17-5-3-15(4-6-17)20-12-27-23(26)28-22(20)16-2-1-11-29(13-16)21(30)14-31-19-9-7-18(25)8-10-19/h3-10,12,16H,1-2,11,13-14H2,(H2,26,27,28)/t16-/m1/s1. The molecule has 1 aromatic heterocycles. The zero-order valence-electron chi connectivity index (χ0n) is 16.8. The van der Waals surface area contributed by atoms with E-state index in [0.717, 1.165) is 29.7 Å². The van der Waals surface area contributed by atoms with Crippen LogP contribution >= 0.6 is 11.6 Å². The minimum absolute atomic E-state index is 0.0273. The van der Waals surface area contributed by atoms with Crippen molar-refractivity contribution in [2.45, 2.75) is 18.8 Å². The molecule has 0 radical (unpaired) electrons. The Morgan fingerprint density at radius 2 is 1.94 bits per heavy atom. The number of nitrogen functional groups attached to an aromatic ring is 1. The van der Waals surface area contributed by atoms with Crippen molar-refractivity contribution in [2.24, 2.45) is 0 Å². The van der Waals surface area contributed by atoms with Gasteiger partial charge in [0, 0.05) is 35.8 Å². The molecule has 0 saturated carbocycles. The van der Waals surface area contributed by atoms with Crippen molar-refractivity contribution in [2.75, 3.05) is 25.4 Å². The Morgan fingerprint density at radius 1 is 1.19 bits per heavy atom. The van der Waals surface area contributed by atoms with Gasteiger partial charge in [0.15, 0.2) is 6.61 Å². The number of benzene rings is 2. The van der Waals surface area contributed by atoms with Crippen LogP contribution < -0.4 is 10.5 Å². The van der Waals surface area contributed by atoms with Crippen LogP contribution in [0.2, 0.25) is 5.02 Å². The van der Waals surface area contributed by atoms with Crippen LogP contribution in [0.15, 0.2) is 54.7 Å². The predicted octanol–water partition coefficient (Wildman–Crippen LogP) is 4.30. The summed E-state index contributed by atoms with van der Waals surface area (Å²) in [6, 6.07) is 13.1. The zero-order valence-corrected chi connectivity index (χ0v) is 17.6. The lowest BCUT2D eigenvalue weighted by atomic mass is 9.90. The number of carbonyl (C=O) groups is 1. The maximum Gasteiger partial charge on any atom is 0.260 e. The lowest BCUT2D eigenvalue weighted by Crippen LogP contribution is -2.41. The highest BCUT2D eigenvalue weighted by Gasteiger charge is 2.28. The molecule has 1 aliphatic rings. The third kappa shape index (κ3) is 5.11. The first-order chi connectivity index (χ1) is 15.0. The smallest absolute Gasteiger partial charge is 0.260 e. The topological polar surface area (TPSA) is 81.3 Å². The van der Waals surface area contributed by atoms with Crippen LogP contribution in [0.4, 0.5) is 10.3 Å². The van der Waals surface area contributed by atoms with E-state index in [1.165, 1.54) is 24.3 Å². The van der Waals surface area contributed by atoms with Gasteiger partial charge >= 0.3 is 0 Å². The third-order valence-electron chi connectivity index (χ3n) is 5.33. The first-order valence-electron chi connectivity index (χ1n) is 10.0. The molecule has 2 N–H and O–H groups in total. The lowest BCUT2D eigenvalue weighted by Gasteiger charge is -2.33. The largest absolute Gasteiger partial charge is 0.484 e. The molecule has 3 aromatic rings. The molecular formula is C23H22ClFN4O2. The summed E-state index contributed by atoms with van der Waals surface area (Å²) in [6.45, 7) is 1.07. The van der Waals surface area contributed by atoms with Gasteiger partial charge in [-0.25, -0.2) is 14.4 Å². The summed E-state index contributed by atoms with van der Waals surface area (Å²) in [5, 5.41) is 0.650. The summed E-state index contributed by atoms with van der Waals surface area (Å²) in [5.41, 5.74) is 8.54. The van der Waals surface area contributed by atoms with E-state index < -0.39 is 0 Å². The second-order valence-corrected chi connectivity index (χ2v) is 7.89. The molecule has 1 atom stereocenters. The average Bonchev–Trinajstić information content (AvgIpc) is 2.79. The molecule has 31 heavy (non-hydrogen) atoms. The zero-order chi connectivity index (χ0) is 21.8. The summed E-state index contributed by atoms with van der Waals surface area (Å²) in [7, 11) is 0. The van der Waals surface area contributed by atoms with Crippen molar-refractivity contribution in [3.8, 4) is 16.9 Å². The molecule has 1 saturated heterocycles. The molecule has 2 heterocycles. The van der Waals surface area contributed by atoms with Gasteiger partial charge in [-0.05, 0) is 54.8 Å². The molecule has 0 bridgehead atoms. The minimum Gasteiger partial charge on any atom is -0.484 e. The normalized spacial score (nSPS) is 16.2. The summed E-state index contributed by atoms with van der Waals surface area (Å²) in [4.78, 5) is 23.2. The second-order valence-electron chi connectivity index (χ2n) is 7.46. The van der Waals surface area contributed by atoms with Crippen LogP contribution in [0, 0.1) is 5.82 Å². The maximum absolute atomic E-state index is 13.0. The number of nitrogens with two attached hydrogens (primary N) is 1. The third-order valence-corrected chi connectivity index (χ3v) is 5.58. The summed E-state index contributed by atoms with van der Waals surface area (Å²) in [6.07, 6.45) is 3.45. The van der Waals surface area contributed by atoms with Gasteiger partial charge in [-0.3, -0.25) is 4.79 Å². The van der Waals surface area contributed by atoms with Gasteiger partial charge in [-0.2, -0.15) is 0 Å². The van der Waals surface area contributed by atoms with Crippen molar-refractivity contribution in [1.82, 2.24) is 14.9 Å². The van der Waals surface area contributed by atoms with E-state index in [0.29, 0.717) is 23.9 Å². The molecule has 1 amide bonds. The molecule has 8 heteroatoms. The number of carbonyl (C=O) groups excluding carboxylic acids is 1.